The minimum absolute atomic E-state index is 0.0676. The molecule has 3 aromatic carbocycles. The van der Waals surface area contributed by atoms with E-state index in [2.05, 4.69) is 5.32 Å². The molecule has 1 N–H and O–H groups in total. The number of hydrogen-bond donors (Lipinski definition) is 1. The molecule has 0 aliphatic heterocycles. The Balaban J connectivity index is 2.05. The molecule has 202 valence electrons. The van der Waals surface area contributed by atoms with Crippen molar-refractivity contribution >= 4 is 39.1 Å². The van der Waals surface area contributed by atoms with Crippen LogP contribution in [0.4, 0.5) is 5.69 Å². The van der Waals surface area contributed by atoms with Gasteiger partial charge in [0.05, 0.1) is 19.1 Å². The van der Waals surface area contributed by atoms with Crippen molar-refractivity contribution in [3.05, 3.63) is 94.5 Å². The Morgan fingerprint density at radius 2 is 1.68 bits per heavy atom. The lowest BCUT2D eigenvalue weighted by Gasteiger charge is -2.33. The molecule has 0 saturated heterocycles. The minimum atomic E-state index is -3.85. The van der Waals surface area contributed by atoms with E-state index in [0.29, 0.717) is 22.0 Å². The minimum Gasteiger partial charge on any atom is -0.497 e. The third-order valence-electron chi connectivity index (χ3n) is 6.11. The number of aryl methyl sites for hydroxylation is 1. The van der Waals surface area contributed by atoms with E-state index >= 15 is 0 Å². The highest BCUT2D eigenvalue weighted by molar-refractivity contribution is 7.92. The summed E-state index contributed by atoms with van der Waals surface area (Å²) in [6, 6.07) is 20.4. The van der Waals surface area contributed by atoms with Crippen LogP contribution in [0.3, 0.4) is 0 Å². The molecule has 0 radical (unpaired) electrons. The number of carbonyl (C=O) groups is 2. The van der Waals surface area contributed by atoms with Gasteiger partial charge in [-0.15, -0.1) is 0 Å². The third kappa shape index (κ3) is 7.49. The zero-order chi connectivity index (χ0) is 27.9. The van der Waals surface area contributed by atoms with Gasteiger partial charge in [-0.05, 0) is 53.9 Å². The first kappa shape index (κ1) is 29.0. The average molecular weight is 558 g/mol. The van der Waals surface area contributed by atoms with Crippen LogP contribution in [0.25, 0.3) is 0 Å². The van der Waals surface area contributed by atoms with Crippen LogP contribution in [0.2, 0.25) is 5.02 Å². The van der Waals surface area contributed by atoms with E-state index in [0.717, 1.165) is 21.7 Å². The summed E-state index contributed by atoms with van der Waals surface area (Å²) in [6.07, 6.45) is 1.29. The number of methoxy groups -OCH3 is 1. The third-order valence-corrected chi connectivity index (χ3v) is 7.47. The van der Waals surface area contributed by atoms with E-state index < -0.39 is 28.5 Å². The molecule has 0 saturated carbocycles. The summed E-state index contributed by atoms with van der Waals surface area (Å²) in [5.74, 6) is -0.292. The molecule has 0 aliphatic carbocycles. The van der Waals surface area contributed by atoms with Gasteiger partial charge < -0.3 is 15.0 Å². The number of carbonyl (C=O) groups excluding carboxylic acids is 2. The maximum atomic E-state index is 13.9. The number of rotatable bonds is 11. The molecule has 0 aliphatic rings. The number of anilines is 1. The molecule has 3 rings (SSSR count). The van der Waals surface area contributed by atoms with Crippen molar-refractivity contribution in [2.75, 3.05) is 31.3 Å². The standard InChI is InChI=1S/C28H32ClN3O5S/c1-20-15-23(29)13-14-25(20)32(38(4,35)36)19-27(33)31(18-22-11-8-12-24(16-22)37-3)26(28(34)30-2)17-21-9-6-5-7-10-21/h5-16,26H,17-19H2,1-4H3,(H,30,34). The molecule has 1 atom stereocenters. The fourth-order valence-corrected chi connectivity index (χ4v) is 5.32. The van der Waals surface area contributed by atoms with E-state index in [4.69, 9.17) is 16.3 Å². The van der Waals surface area contributed by atoms with Gasteiger partial charge in [0.2, 0.25) is 21.8 Å². The van der Waals surface area contributed by atoms with Crippen molar-refractivity contribution < 1.29 is 22.7 Å². The highest BCUT2D eigenvalue weighted by Gasteiger charge is 2.33. The van der Waals surface area contributed by atoms with Crippen molar-refractivity contribution in [3.8, 4) is 5.75 Å². The number of nitrogens with zero attached hydrogens (tertiary/aromatic N) is 2. The smallest absolute Gasteiger partial charge is 0.244 e. The van der Waals surface area contributed by atoms with E-state index in [1.807, 2.05) is 36.4 Å². The number of nitrogens with one attached hydrogen (secondary N) is 1. The molecule has 3 aromatic rings. The van der Waals surface area contributed by atoms with Gasteiger partial charge in [0.15, 0.2) is 0 Å². The topological polar surface area (TPSA) is 96.0 Å². The molecule has 1 unspecified atom stereocenters. The maximum Gasteiger partial charge on any atom is 0.244 e. The summed E-state index contributed by atoms with van der Waals surface area (Å²) in [5.41, 5.74) is 2.53. The zero-order valence-electron chi connectivity index (χ0n) is 21.8. The number of sulfonamides is 1. The Kier molecular flexibility index (Phi) is 9.77. The summed E-state index contributed by atoms with van der Waals surface area (Å²) in [6.45, 7) is 1.30. The molecule has 38 heavy (non-hydrogen) atoms. The number of benzene rings is 3. The Morgan fingerprint density at radius 3 is 2.29 bits per heavy atom. The normalized spacial score (nSPS) is 11.9. The largest absolute Gasteiger partial charge is 0.497 e. The second kappa shape index (κ2) is 12.8. The van der Waals surface area contributed by atoms with E-state index in [1.165, 1.54) is 11.9 Å². The molecular weight excluding hydrogens is 526 g/mol. The lowest BCUT2D eigenvalue weighted by atomic mass is 10.0. The van der Waals surface area contributed by atoms with Gasteiger partial charge in [0.25, 0.3) is 0 Å². The Bertz CT molecular complexity index is 1380. The fourth-order valence-electron chi connectivity index (χ4n) is 4.18. The second-order valence-corrected chi connectivity index (χ2v) is 11.2. The van der Waals surface area contributed by atoms with Gasteiger partial charge in [-0.25, -0.2) is 8.42 Å². The first-order valence-corrected chi connectivity index (χ1v) is 14.2. The molecule has 2 amide bonds. The van der Waals surface area contributed by atoms with E-state index in [-0.39, 0.29) is 18.9 Å². The number of hydrogen-bond acceptors (Lipinski definition) is 5. The fraction of sp³-hybridized carbons (Fsp3) is 0.286. The van der Waals surface area contributed by atoms with Crippen molar-refractivity contribution in [2.24, 2.45) is 0 Å². The van der Waals surface area contributed by atoms with Gasteiger partial charge in [-0.1, -0.05) is 54.1 Å². The molecule has 0 spiro atoms. The van der Waals surface area contributed by atoms with Crippen LogP contribution >= 0.6 is 11.6 Å². The molecule has 0 heterocycles. The van der Waals surface area contributed by atoms with Gasteiger partial charge in [0.1, 0.15) is 18.3 Å². The Morgan fingerprint density at radius 1 is 1.00 bits per heavy atom. The van der Waals surface area contributed by atoms with Crippen molar-refractivity contribution in [1.82, 2.24) is 10.2 Å². The second-order valence-electron chi connectivity index (χ2n) is 8.89. The van der Waals surface area contributed by atoms with Gasteiger partial charge in [-0.3, -0.25) is 13.9 Å². The first-order valence-electron chi connectivity index (χ1n) is 11.9. The number of ether oxygens (including phenoxy) is 1. The van der Waals surface area contributed by atoms with Crippen LogP contribution in [-0.2, 0) is 32.6 Å². The van der Waals surface area contributed by atoms with Gasteiger partial charge >= 0.3 is 0 Å². The summed E-state index contributed by atoms with van der Waals surface area (Å²) in [5, 5.41) is 3.11. The van der Waals surface area contributed by atoms with Crippen LogP contribution in [-0.4, -0.2) is 58.1 Å². The SMILES string of the molecule is CNC(=O)C(Cc1ccccc1)N(Cc1cccc(OC)c1)C(=O)CN(c1ccc(Cl)cc1C)S(C)(=O)=O. The van der Waals surface area contributed by atoms with Crippen molar-refractivity contribution in [3.63, 3.8) is 0 Å². The van der Waals surface area contributed by atoms with Crippen LogP contribution in [0, 0.1) is 6.92 Å². The van der Waals surface area contributed by atoms with Gasteiger partial charge in [-0.2, -0.15) is 0 Å². The van der Waals surface area contributed by atoms with Crippen LogP contribution in [0.5, 0.6) is 5.75 Å². The first-order chi connectivity index (χ1) is 18.0. The average Bonchev–Trinajstić information content (AvgIpc) is 2.89. The predicted octanol–water partition coefficient (Wildman–Crippen LogP) is 3.81. The summed E-state index contributed by atoms with van der Waals surface area (Å²) in [4.78, 5) is 28.5. The molecule has 0 aromatic heterocycles. The summed E-state index contributed by atoms with van der Waals surface area (Å²) >= 11 is 6.08. The summed E-state index contributed by atoms with van der Waals surface area (Å²) in [7, 11) is -0.800. The highest BCUT2D eigenvalue weighted by Crippen LogP contribution is 2.26. The summed E-state index contributed by atoms with van der Waals surface area (Å²) < 4.78 is 32.1. The van der Waals surface area contributed by atoms with Crippen LogP contribution in [0.15, 0.2) is 72.8 Å². The predicted molar refractivity (Wildman–Crippen MR) is 150 cm³/mol. The highest BCUT2D eigenvalue weighted by atomic mass is 35.5. The zero-order valence-corrected chi connectivity index (χ0v) is 23.4. The molecule has 0 bridgehead atoms. The number of likely N-dealkylation sites (N-methyl/N-ethyl adjacent to an activating group) is 1. The van der Waals surface area contributed by atoms with Gasteiger partial charge in [0, 0.05) is 25.0 Å². The van der Waals surface area contributed by atoms with Crippen LogP contribution < -0.4 is 14.4 Å². The Hall–Kier alpha value is -3.56. The maximum absolute atomic E-state index is 13.9. The van der Waals surface area contributed by atoms with E-state index in [9.17, 15) is 18.0 Å². The monoisotopic (exact) mass is 557 g/mol. The van der Waals surface area contributed by atoms with Crippen molar-refractivity contribution in [1.29, 1.82) is 0 Å². The number of halogens is 1. The van der Waals surface area contributed by atoms with E-state index in [1.54, 1.807) is 50.4 Å². The van der Waals surface area contributed by atoms with Crippen molar-refractivity contribution in [2.45, 2.75) is 25.9 Å². The molecule has 8 nitrogen and oxygen atoms in total. The lowest BCUT2D eigenvalue weighted by molar-refractivity contribution is -0.139. The Labute approximate surface area is 229 Å². The number of amides is 2. The lowest BCUT2D eigenvalue weighted by Crippen LogP contribution is -2.53. The van der Waals surface area contributed by atoms with Crippen LogP contribution in [0.1, 0.15) is 16.7 Å². The molecule has 10 heteroatoms. The molecule has 0 fully saturated rings. The quantitative estimate of drug-likeness (QED) is 0.387. The molecular formula is C28H32ClN3O5S.